The number of ether oxygens (including phenoxy) is 1. The van der Waals surface area contributed by atoms with Crippen LogP contribution in [0.4, 0.5) is 0 Å². The molecule has 0 fully saturated rings. The third-order valence-corrected chi connectivity index (χ3v) is 6.29. The molecule has 0 bridgehead atoms. The van der Waals surface area contributed by atoms with Crippen LogP contribution in [0.25, 0.3) is 21.1 Å². The zero-order valence-electron chi connectivity index (χ0n) is 14.3. The molecule has 27 heavy (non-hydrogen) atoms. The molecule has 6 nitrogen and oxygen atoms in total. The number of hydrogen-bond donors (Lipinski definition) is 2. The highest BCUT2D eigenvalue weighted by molar-refractivity contribution is 14.1. The summed E-state index contributed by atoms with van der Waals surface area (Å²) in [6, 6.07) is 11.5. The smallest absolute Gasteiger partial charge is 0.165 e. The van der Waals surface area contributed by atoms with Gasteiger partial charge in [-0.1, -0.05) is 6.07 Å². The predicted molar refractivity (Wildman–Crippen MR) is 113 cm³/mol. The Bertz CT molecular complexity index is 1050. The van der Waals surface area contributed by atoms with Gasteiger partial charge in [-0.25, -0.2) is 4.98 Å². The number of halogens is 1. The number of rotatable bonds is 5. The van der Waals surface area contributed by atoms with Crippen molar-refractivity contribution >= 4 is 33.9 Å². The van der Waals surface area contributed by atoms with E-state index in [1.807, 2.05) is 36.4 Å². The second-order valence-corrected chi connectivity index (χ2v) is 7.97. The summed E-state index contributed by atoms with van der Waals surface area (Å²) in [7, 11) is 1.63. The highest BCUT2D eigenvalue weighted by atomic mass is 127. The van der Waals surface area contributed by atoms with Crippen molar-refractivity contribution < 1.29 is 9.84 Å². The van der Waals surface area contributed by atoms with Crippen LogP contribution in [0.15, 0.2) is 55.1 Å². The van der Waals surface area contributed by atoms with Crippen molar-refractivity contribution in [2.75, 3.05) is 7.11 Å². The first-order chi connectivity index (χ1) is 13.2. The molecule has 1 atom stereocenters. The summed E-state index contributed by atoms with van der Waals surface area (Å²) in [5.41, 5.74) is 2.64. The molecular weight excluding hydrogens is 475 g/mol. The van der Waals surface area contributed by atoms with Crippen LogP contribution in [-0.4, -0.2) is 32.4 Å². The number of aliphatic hydroxyl groups is 1. The zero-order valence-corrected chi connectivity index (χ0v) is 17.2. The van der Waals surface area contributed by atoms with Crippen molar-refractivity contribution in [1.82, 2.24) is 20.2 Å². The Labute approximate surface area is 173 Å². The number of benzene rings is 1. The molecule has 4 rings (SSSR count). The van der Waals surface area contributed by atoms with Gasteiger partial charge in [0.25, 0.3) is 0 Å². The largest absolute Gasteiger partial charge is 0.497 e. The summed E-state index contributed by atoms with van der Waals surface area (Å²) in [6.07, 6.45) is 4.18. The van der Waals surface area contributed by atoms with E-state index in [1.54, 1.807) is 30.8 Å². The summed E-state index contributed by atoms with van der Waals surface area (Å²) in [5.74, 6) is 1.39. The Morgan fingerprint density at radius 1 is 1.15 bits per heavy atom. The third-order valence-electron chi connectivity index (χ3n) is 4.15. The van der Waals surface area contributed by atoms with Crippen molar-refractivity contribution in [3.63, 3.8) is 0 Å². The van der Waals surface area contributed by atoms with E-state index in [0.717, 1.165) is 35.8 Å². The maximum atomic E-state index is 11.2. The van der Waals surface area contributed by atoms with Crippen molar-refractivity contribution in [2.24, 2.45) is 0 Å². The molecule has 0 saturated heterocycles. The molecule has 1 unspecified atom stereocenters. The van der Waals surface area contributed by atoms with Gasteiger partial charge in [-0.3, -0.25) is 10.1 Å². The van der Waals surface area contributed by atoms with Gasteiger partial charge in [0.2, 0.25) is 0 Å². The molecule has 3 aromatic heterocycles. The fourth-order valence-electron chi connectivity index (χ4n) is 2.79. The van der Waals surface area contributed by atoms with Crippen molar-refractivity contribution in [3.8, 4) is 26.9 Å². The minimum Gasteiger partial charge on any atom is -0.497 e. The highest BCUT2D eigenvalue weighted by Crippen LogP contribution is 2.42. The first-order valence-electron chi connectivity index (χ1n) is 8.08. The summed E-state index contributed by atoms with van der Waals surface area (Å²) in [5, 5.41) is 18.0. The Balaban J connectivity index is 1.82. The van der Waals surface area contributed by atoms with E-state index in [2.05, 4.69) is 42.8 Å². The van der Waals surface area contributed by atoms with Crippen LogP contribution in [-0.2, 0) is 0 Å². The molecule has 2 N–H and O–H groups in total. The molecule has 0 radical (unpaired) electrons. The summed E-state index contributed by atoms with van der Waals surface area (Å²) >= 11 is 3.77. The molecule has 0 amide bonds. The van der Waals surface area contributed by atoms with Gasteiger partial charge in [0, 0.05) is 26.4 Å². The Morgan fingerprint density at radius 2 is 1.96 bits per heavy atom. The number of aliphatic hydroxyl groups excluding tert-OH is 1. The zero-order chi connectivity index (χ0) is 18.8. The fraction of sp³-hybridized carbons (Fsp3) is 0.105. The SMILES string of the molecule is COc1ccc(C(O)c2cc(-c3ccncc3)sc2-c2ncn[nH]2)c(I)c1. The van der Waals surface area contributed by atoms with E-state index >= 15 is 0 Å². The first-order valence-corrected chi connectivity index (χ1v) is 9.98. The molecule has 0 aliphatic heterocycles. The number of H-pyrrole nitrogens is 1. The van der Waals surface area contributed by atoms with Crippen molar-refractivity contribution in [1.29, 1.82) is 0 Å². The topological polar surface area (TPSA) is 83.9 Å². The number of pyridine rings is 1. The Hall–Kier alpha value is -2.30. The van der Waals surface area contributed by atoms with E-state index in [4.69, 9.17) is 4.74 Å². The normalized spacial score (nSPS) is 12.1. The molecule has 1 aromatic carbocycles. The van der Waals surface area contributed by atoms with E-state index in [0.29, 0.717) is 5.82 Å². The van der Waals surface area contributed by atoms with Crippen molar-refractivity contribution in [2.45, 2.75) is 6.10 Å². The summed E-state index contributed by atoms with van der Waals surface area (Å²) in [6.45, 7) is 0. The van der Waals surface area contributed by atoms with E-state index < -0.39 is 6.10 Å². The van der Waals surface area contributed by atoms with Crippen LogP contribution < -0.4 is 4.74 Å². The minimum absolute atomic E-state index is 0.637. The highest BCUT2D eigenvalue weighted by Gasteiger charge is 2.23. The molecule has 136 valence electrons. The van der Waals surface area contributed by atoms with E-state index in [1.165, 1.54) is 6.33 Å². The second-order valence-electron chi connectivity index (χ2n) is 5.76. The van der Waals surface area contributed by atoms with Gasteiger partial charge in [0.1, 0.15) is 18.2 Å². The third kappa shape index (κ3) is 3.60. The molecule has 0 aliphatic carbocycles. The van der Waals surface area contributed by atoms with E-state index in [-0.39, 0.29) is 0 Å². The Morgan fingerprint density at radius 3 is 2.63 bits per heavy atom. The number of aromatic nitrogens is 4. The number of nitrogens with one attached hydrogen (secondary N) is 1. The standard InChI is InChI=1S/C19H15IN4O2S/c1-26-12-2-3-13(15(20)8-12)17(25)14-9-16(11-4-6-21-7-5-11)27-18(14)19-22-10-23-24-19/h2-10,17,25H,1H3,(H,22,23,24). The van der Waals surface area contributed by atoms with Crippen LogP contribution in [0.1, 0.15) is 17.2 Å². The number of methoxy groups -OCH3 is 1. The lowest BCUT2D eigenvalue weighted by Gasteiger charge is -2.14. The minimum atomic E-state index is -0.797. The molecule has 8 heteroatoms. The number of thiophene rings is 1. The van der Waals surface area contributed by atoms with Gasteiger partial charge in [0.15, 0.2) is 5.82 Å². The van der Waals surface area contributed by atoms with Crippen LogP contribution in [0.3, 0.4) is 0 Å². The van der Waals surface area contributed by atoms with Crippen molar-refractivity contribution in [3.05, 3.63) is 69.8 Å². The van der Waals surface area contributed by atoms with Gasteiger partial charge in [0.05, 0.1) is 12.0 Å². The van der Waals surface area contributed by atoms with Crippen LogP contribution in [0.2, 0.25) is 0 Å². The van der Waals surface area contributed by atoms with Gasteiger partial charge in [-0.2, -0.15) is 5.10 Å². The van der Waals surface area contributed by atoms with Gasteiger partial charge in [-0.05, 0) is 64.0 Å². The number of aromatic amines is 1. The van der Waals surface area contributed by atoms with Gasteiger partial charge in [-0.15, -0.1) is 11.3 Å². The molecule has 4 aromatic rings. The van der Waals surface area contributed by atoms with Gasteiger partial charge < -0.3 is 9.84 Å². The average Bonchev–Trinajstić information content (AvgIpc) is 3.37. The lowest BCUT2D eigenvalue weighted by atomic mass is 10.0. The summed E-state index contributed by atoms with van der Waals surface area (Å²) in [4.78, 5) is 10.2. The number of nitrogens with zero attached hydrogens (tertiary/aromatic N) is 3. The lowest BCUT2D eigenvalue weighted by Crippen LogP contribution is -2.03. The first kappa shape index (κ1) is 18.1. The molecular formula is C19H15IN4O2S. The Kier molecular flexibility index (Phi) is 5.19. The lowest BCUT2D eigenvalue weighted by molar-refractivity contribution is 0.220. The molecule has 0 aliphatic rings. The van der Waals surface area contributed by atoms with E-state index in [9.17, 15) is 5.11 Å². The average molecular weight is 490 g/mol. The monoisotopic (exact) mass is 490 g/mol. The molecule has 0 spiro atoms. The van der Waals surface area contributed by atoms with Gasteiger partial charge >= 0.3 is 0 Å². The van der Waals surface area contributed by atoms with Crippen LogP contribution >= 0.6 is 33.9 Å². The van der Waals surface area contributed by atoms with Crippen LogP contribution in [0, 0.1) is 3.57 Å². The maximum absolute atomic E-state index is 11.2. The fourth-order valence-corrected chi connectivity index (χ4v) is 4.72. The maximum Gasteiger partial charge on any atom is 0.165 e. The second kappa shape index (κ2) is 7.75. The quantitative estimate of drug-likeness (QED) is 0.408. The number of hydrogen-bond acceptors (Lipinski definition) is 6. The van der Waals surface area contributed by atoms with Crippen LogP contribution in [0.5, 0.6) is 5.75 Å². The molecule has 0 saturated carbocycles. The predicted octanol–water partition coefficient (Wildman–Crippen LogP) is 4.29. The summed E-state index contributed by atoms with van der Waals surface area (Å²) < 4.78 is 6.20. The molecule has 3 heterocycles.